The average molecular weight is 308 g/mol. The van der Waals surface area contributed by atoms with Crippen molar-refractivity contribution in [2.75, 3.05) is 19.6 Å². The van der Waals surface area contributed by atoms with E-state index in [1.165, 1.54) is 38.8 Å². The van der Waals surface area contributed by atoms with Gasteiger partial charge in [0.05, 0.1) is 6.04 Å². The number of thiazole rings is 1. The van der Waals surface area contributed by atoms with Crippen molar-refractivity contribution in [1.29, 1.82) is 0 Å². The number of urea groups is 1. The molecule has 2 fully saturated rings. The fraction of sp³-hybridized carbons (Fsp3) is 0.733. The normalized spacial score (nSPS) is 22.0. The number of nitrogens with one attached hydrogen (secondary N) is 2. The van der Waals surface area contributed by atoms with Gasteiger partial charge in [-0.15, -0.1) is 11.3 Å². The molecule has 1 aliphatic heterocycles. The fourth-order valence-electron chi connectivity index (χ4n) is 2.96. The molecule has 1 saturated carbocycles. The van der Waals surface area contributed by atoms with Crippen molar-refractivity contribution in [3.63, 3.8) is 0 Å². The second kappa shape index (κ2) is 6.75. The van der Waals surface area contributed by atoms with Crippen molar-refractivity contribution in [2.45, 2.75) is 44.7 Å². The van der Waals surface area contributed by atoms with Gasteiger partial charge in [-0.2, -0.15) is 0 Å². The molecule has 1 aromatic rings. The molecule has 116 valence electrons. The number of aromatic nitrogens is 1. The molecule has 1 aromatic heterocycles. The van der Waals surface area contributed by atoms with E-state index in [2.05, 4.69) is 20.5 Å². The summed E-state index contributed by atoms with van der Waals surface area (Å²) < 4.78 is 0. The van der Waals surface area contributed by atoms with Gasteiger partial charge >= 0.3 is 6.03 Å². The van der Waals surface area contributed by atoms with Crippen LogP contribution < -0.4 is 10.6 Å². The van der Waals surface area contributed by atoms with Crippen molar-refractivity contribution in [3.05, 3.63) is 16.6 Å². The number of piperidine rings is 1. The van der Waals surface area contributed by atoms with Gasteiger partial charge in [0.2, 0.25) is 0 Å². The van der Waals surface area contributed by atoms with Crippen molar-refractivity contribution >= 4 is 17.4 Å². The van der Waals surface area contributed by atoms with E-state index in [1.54, 1.807) is 17.5 Å². The minimum absolute atomic E-state index is 0.0262. The number of likely N-dealkylation sites (tertiary alicyclic amines) is 1. The van der Waals surface area contributed by atoms with E-state index < -0.39 is 0 Å². The number of carbonyl (C=O) groups is 1. The molecule has 1 aliphatic carbocycles. The summed E-state index contributed by atoms with van der Waals surface area (Å²) in [6.45, 7) is 5.16. The zero-order valence-electron chi connectivity index (χ0n) is 12.5. The van der Waals surface area contributed by atoms with Crippen LogP contribution in [0.2, 0.25) is 0 Å². The van der Waals surface area contributed by atoms with Gasteiger partial charge in [0.1, 0.15) is 5.01 Å². The van der Waals surface area contributed by atoms with Crippen LogP contribution in [0.15, 0.2) is 11.6 Å². The van der Waals surface area contributed by atoms with E-state index >= 15 is 0 Å². The maximum absolute atomic E-state index is 11.9. The topological polar surface area (TPSA) is 57.3 Å². The summed E-state index contributed by atoms with van der Waals surface area (Å²) in [6.07, 6.45) is 6.96. The quantitative estimate of drug-likeness (QED) is 0.878. The Morgan fingerprint density at radius 3 is 2.81 bits per heavy atom. The SMILES string of the molecule is C[C@H](NC(=O)NCC1CCN(C2CC2)CC1)c1nccs1. The molecule has 0 radical (unpaired) electrons. The zero-order valence-corrected chi connectivity index (χ0v) is 13.4. The average Bonchev–Trinajstić information content (AvgIpc) is 3.19. The molecule has 2 aliphatic rings. The highest BCUT2D eigenvalue weighted by Gasteiger charge is 2.31. The highest BCUT2D eigenvalue weighted by atomic mass is 32.1. The second-order valence-corrected chi connectivity index (χ2v) is 7.08. The van der Waals surface area contributed by atoms with E-state index in [1.807, 2.05) is 12.3 Å². The van der Waals surface area contributed by atoms with Crippen molar-refractivity contribution in [1.82, 2.24) is 20.5 Å². The first kappa shape index (κ1) is 14.8. The lowest BCUT2D eigenvalue weighted by atomic mass is 9.97. The number of amides is 2. The van der Waals surface area contributed by atoms with E-state index in [4.69, 9.17) is 0 Å². The summed E-state index contributed by atoms with van der Waals surface area (Å²) in [5.74, 6) is 0.626. The van der Waals surface area contributed by atoms with Crippen LogP contribution >= 0.6 is 11.3 Å². The molecule has 3 rings (SSSR count). The van der Waals surface area contributed by atoms with E-state index in [0.717, 1.165) is 17.6 Å². The van der Waals surface area contributed by atoms with Crippen LogP contribution in [-0.2, 0) is 0 Å². The predicted molar refractivity (Wildman–Crippen MR) is 84.4 cm³/mol. The predicted octanol–water partition coefficient (Wildman–Crippen LogP) is 2.38. The minimum atomic E-state index is -0.0812. The van der Waals surface area contributed by atoms with Crippen LogP contribution in [0.1, 0.15) is 43.7 Å². The van der Waals surface area contributed by atoms with Crippen LogP contribution in [0.4, 0.5) is 4.79 Å². The third-order valence-corrected chi connectivity index (χ3v) is 5.39. The Kier molecular flexibility index (Phi) is 4.75. The molecule has 21 heavy (non-hydrogen) atoms. The van der Waals surface area contributed by atoms with Gasteiger partial charge in [-0.3, -0.25) is 0 Å². The molecule has 1 atom stereocenters. The molecular formula is C15H24N4OS. The smallest absolute Gasteiger partial charge is 0.315 e. The standard InChI is InChI=1S/C15H24N4OS/c1-11(14-16-6-9-21-14)18-15(20)17-10-12-4-7-19(8-5-12)13-2-3-13/h6,9,11-13H,2-5,7-8,10H2,1H3,(H2,17,18,20)/t11-/m0/s1. The summed E-state index contributed by atoms with van der Waals surface area (Å²) in [5, 5.41) is 8.84. The molecule has 1 saturated heterocycles. The maximum atomic E-state index is 11.9. The summed E-state index contributed by atoms with van der Waals surface area (Å²) in [6, 6.07) is 0.769. The fourth-order valence-corrected chi connectivity index (χ4v) is 3.60. The summed E-state index contributed by atoms with van der Waals surface area (Å²) in [5.41, 5.74) is 0. The minimum Gasteiger partial charge on any atom is -0.338 e. The van der Waals surface area contributed by atoms with E-state index in [-0.39, 0.29) is 12.1 Å². The first-order valence-electron chi connectivity index (χ1n) is 7.90. The van der Waals surface area contributed by atoms with Gasteiger partial charge < -0.3 is 15.5 Å². The molecule has 0 bridgehead atoms. The first-order chi connectivity index (χ1) is 10.2. The summed E-state index contributed by atoms with van der Waals surface area (Å²) in [7, 11) is 0. The molecule has 2 heterocycles. The monoisotopic (exact) mass is 308 g/mol. The first-order valence-corrected chi connectivity index (χ1v) is 8.78. The van der Waals surface area contributed by atoms with Crippen LogP contribution in [-0.4, -0.2) is 41.6 Å². The largest absolute Gasteiger partial charge is 0.338 e. The Balaban J connectivity index is 1.34. The Labute approximate surface area is 130 Å². The van der Waals surface area contributed by atoms with Crippen LogP contribution in [0.25, 0.3) is 0 Å². The molecule has 5 nitrogen and oxygen atoms in total. The van der Waals surface area contributed by atoms with Crippen LogP contribution in [0, 0.1) is 5.92 Å². The van der Waals surface area contributed by atoms with Gasteiger partial charge in [0, 0.05) is 24.2 Å². The number of hydrogen-bond acceptors (Lipinski definition) is 4. The van der Waals surface area contributed by atoms with Crippen molar-refractivity contribution in [2.24, 2.45) is 5.92 Å². The zero-order chi connectivity index (χ0) is 14.7. The number of carbonyl (C=O) groups excluding carboxylic acids is 1. The molecular weight excluding hydrogens is 284 g/mol. The molecule has 2 N–H and O–H groups in total. The van der Waals surface area contributed by atoms with Gasteiger partial charge in [0.15, 0.2) is 0 Å². The van der Waals surface area contributed by atoms with Gasteiger partial charge in [-0.1, -0.05) is 0 Å². The number of hydrogen-bond donors (Lipinski definition) is 2. The van der Waals surface area contributed by atoms with Crippen molar-refractivity contribution in [3.8, 4) is 0 Å². The Bertz CT molecular complexity index is 452. The van der Waals surface area contributed by atoms with E-state index in [0.29, 0.717) is 5.92 Å². The van der Waals surface area contributed by atoms with Gasteiger partial charge in [0.25, 0.3) is 0 Å². The highest BCUT2D eigenvalue weighted by Crippen LogP contribution is 2.30. The van der Waals surface area contributed by atoms with E-state index in [9.17, 15) is 4.79 Å². The Morgan fingerprint density at radius 1 is 1.43 bits per heavy atom. The Morgan fingerprint density at radius 2 is 2.19 bits per heavy atom. The lowest BCUT2D eigenvalue weighted by molar-refractivity contribution is 0.173. The highest BCUT2D eigenvalue weighted by molar-refractivity contribution is 7.09. The van der Waals surface area contributed by atoms with Gasteiger partial charge in [-0.25, -0.2) is 9.78 Å². The number of rotatable bonds is 5. The molecule has 6 heteroatoms. The molecule has 0 spiro atoms. The lowest BCUT2D eigenvalue weighted by Gasteiger charge is -2.32. The summed E-state index contributed by atoms with van der Waals surface area (Å²) in [4.78, 5) is 18.8. The maximum Gasteiger partial charge on any atom is 0.315 e. The van der Waals surface area contributed by atoms with Gasteiger partial charge in [-0.05, 0) is 51.6 Å². The third-order valence-electron chi connectivity index (χ3n) is 4.43. The van der Waals surface area contributed by atoms with Crippen molar-refractivity contribution < 1.29 is 4.79 Å². The molecule has 0 unspecified atom stereocenters. The lowest BCUT2D eigenvalue weighted by Crippen LogP contribution is -2.43. The molecule has 0 aromatic carbocycles. The van der Waals surface area contributed by atoms with Crippen LogP contribution in [0.3, 0.4) is 0 Å². The second-order valence-electron chi connectivity index (χ2n) is 6.16. The summed E-state index contributed by atoms with van der Waals surface area (Å²) >= 11 is 1.57. The molecule has 2 amide bonds. The Hall–Kier alpha value is -1.14. The third kappa shape index (κ3) is 4.17. The number of nitrogens with zero attached hydrogens (tertiary/aromatic N) is 2. The van der Waals surface area contributed by atoms with Crippen LogP contribution in [0.5, 0.6) is 0 Å².